The number of nitrogens with zero attached hydrogens (tertiary/aromatic N) is 1. The van der Waals surface area contributed by atoms with Crippen molar-refractivity contribution >= 4 is 27.3 Å². The van der Waals surface area contributed by atoms with Crippen molar-refractivity contribution in [2.24, 2.45) is 0 Å². The SMILES string of the molecule is CC1c2ccsc2CCN1Cc1cccc(F)c1Br. The molecular weight excluding hydrogens is 325 g/mol. The summed E-state index contributed by atoms with van der Waals surface area (Å²) in [6.07, 6.45) is 1.10. The Morgan fingerprint density at radius 1 is 1.42 bits per heavy atom. The number of rotatable bonds is 2. The second-order valence-corrected chi connectivity index (χ2v) is 6.70. The minimum atomic E-state index is -0.182. The van der Waals surface area contributed by atoms with Gasteiger partial charge in [0.25, 0.3) is 0 Å². The van der Waals surface area contributed by atoms with Gasteiger partial charge in [0.1, 0.15) is 5.82 Å². The molecule has 0 amide bonds. The summed E-state index contributed by atoms with van der Waals surface area (Å²) in [7, 11) is 0. The summed E-state index contributed by atoms with van der Waals surface area (Å²) in [6.45, 7) is 4.06. The zero-order valence-corrected chi connectivity index (χ0v) is 13.1. The van der Waals surface area contributed by atoms with Crippen LogP contribution in [-0.4, -0.2) is 11.4 Å². The predicted octanol–water partition coefficient (Wildman–Crippen LogP) is 4.77. The van der Waals surface area contributed by atoms with Crippen LogP contribution in [0, 0.1) is 5.82 Å². The zero-order chi connectivity index (χ0) is 13.4. The third kappa shape index (κ3) is 2.49. The van der Waals surface area contributed by atoms with Gasteiger partial charge in [-0.15, -0.1) is 11.3 Å². The van der Waals surface area contributed by atoms with Crippen LogP contribution in [0.5, 0.6) is 0 Å². The van der Waals surface area contributed by atoms with Gasteiger partial charge in [0.2, 0.25) is 0 Å². The fourth-order valence-electron chi connectivity index (χ4n) is 2.67. The molecule has 0 saturated heterocycles. The van der Waals surface area contributed by atoms with Crippen molar-refractivity contribution in [3.63, 3.8) is 0 Å². The van der Waals surface area contributed by atoms with E-state index in [4.69, 9.17) is 0 Å². The van der Waals surface area contributed by atoms with Gasteiger partial charge >= 0.3 is 0 Å². The summed E-state index contributed by atoms with van der Waals surface area (Å²) in [4.78, 5) is 3.91. The van der Waals surface area contributed by atoms with Crippen molar-refractivity contribution in [1.29, 1.82) is 0 Å². The lowest BCUT2D eigenvalue weighted by Crippen LogP contribution is -2.32. The van der Waals surface area contributed by atoms with Crippen molar-refractivity contribution in [2.45, 2.75) is 25.9 Å². The smallest absolute Gasteiger partial charge is 0.137 e. The quantitative estimate of drug-likeness (QED) is 0.761. The van der Waals surface area contributed by atoms with Crippen molar-refractivity contribution in [1.82, 2.24) is 4.90 Å². The molecule has 19 heavy (non-hydrogen) atoms. The summed E-state index contributed by atoms with van der Waals surface area (Å²) in [5.41, 5.74) is 2.45. The maximum atomic E-state index is 13.6. The predicted molar refractivity (Wildman–Crippen MR) is 80.9 cm³/mol. The largest absolute Gasteiger partial charge is 0.292 e. The molecule has 0 radical (unpaired) electrons. The fraction of sp³-hybridized carbons (Fsp3) is 0.333. The second kappa shape index (κ2) is 5.35. The number of benzene rings is 1. The molecule has 1 aromatic carbocycles. The Hall–Kier alpha value is -0.710. The minimum absolute atomic E-state index is 0.182. The van der Waals surface area contributed by atoms with E-state index in [0.29, 0.717) is 10.5 Å². The Morgan fingerprint density at radius 2 is 2.26 bits per heavy atom. The van der Waals surface area contributed by atoms with Crippen LogP contribution in [0.2, 0.25) is 0 Å². The van der Waals surface area contributed by atoms with Crippen LogP contribution in [0.15, 0.2) is 34.1 Å². The molecule has 2 aromatic rings. The maximum Gasteiger partial charge on any atom is 0.137 e. The third-order valence-corrected chi connectivity index (χ3v) is 5.69. The first-order chi connectivity index (χ1) is 9.16. The van der Waals surface area contributed by atoms with Gasteiger partial charge in [-0.1, -0.05) is 12.1 Å². The number of thiophene rings is 1. The van der Waals surface area contributed by atoms with E-state index >= 15 is 0 Å². The first-order valence-electron chi connectivity index (χ1n) is 6.40. The Balaban J connectivity index is 1.83. The highest BCUT2D eigenvalue weighted by Crippen LogP contribution is 2.34. The molecule has 0 fully saturated rings. The molecule has 1 aliphatic heterocycles. The van der Waals surface area contributed by atoms with Crippen LogP contribution in [0.25, 0.3) is 0 Å². The lowest BCUT2D eigenvalue weighted by Gasteiger charge is -2.33. The number of fused-ring (bicyclic) bond motifs is 1. The molecule has 0 N–H and O–H groups in total. The maximum absolute atomic E-state index is 13.6. The van der Waals surface area contributed by atoms with E-state index in [9.17, 15) is 4.39 Å². The average molecular weight is 340 g/mol. The van der Waals surface area contributed by atoms with Crippen LogP contribution in [0.1, 0.15) is 29.0 Å². The van der Waals surface area contributed by atoms with Crippen LogP contribution < -0.4 is 0 Å². The normalized spacial score (nSPS) is 19.4. The van der Waals surface area contributed by atoms with E-state index in [1.165, 1.54) is 16.5 Å². The van der Waals surface area contributed by atoms with Crippen molar-refractivity contribution in [2.75, 3.05) is 6.54 Å². The van der Waals surface area contributed by atoms with E-state index in [1.54, 1.807) is 6.07 Å². The van der Waals surface area contributed by atoms with Crippen LogP contribution in [0.3, 0.4) is 0 Å². The Bertz CT molecular complexity index is 596. The van der Waals surface area contributed by atoms with Gasteiger partial charge in [0, 0.05) is 24.0 Å². The molecular formula is C15H15BrFNS. The van der Waals surface area contributed by atoms with Crippen LogP contribution >= 0.6 is 27.3 Å². The molecule has 0 bridgehead atoms. The fourth-order valence-corrected chi connectivity index (χ4v) is 4.02. The van der Waals surface area contributed by atoms with E-state index < -0.39 is 0 Å². The Morgan fingerprint density at radius 3 is 3.11 bits per heavy atom. The van der Waals surface area contributed by atoms with Crippen LogP contribution in [-0.2, 0) is 13.0 Å². The Labute approximate surface area is 125 Å². The van der Waals surface area contributed by atoms with Gasteiger partial charge in [-0.2, -0.15) is 0 Å². The van der Waals surface area contributed by atoms with Gasteiger partial charge in [0.15, 0.2) is 0 Å². The number of hydrogen-bond donors (Lipinski definition) is 0. The highest BCUT2D eigenvalue weighted by molar-refractivity contribution is 9.10. The third-order valence-electron chi connectivity index (χ3n) is 3.81. The van der Waals surface area contributed by atoms with Crippen molar-refractivity contribution in [3.05, 3.63) is 55.9 Å². The molecule has 3 rings (SSSR count). The standard InChI is InChI=1S/C15H15BrFNS/c1-10-12-6-8-19-14(12)5-7-18(10)9-11-3-2-4-13(17)15(11)16/h2-4,6,8,10H,5,7,9H2,1H3. The van der Waals surface area contributed by atoms with Gasteiger partial charge in [0.05, 0.1) is 4.47 Å². The van der Waals surface area contributed by atoms with Gasteiger partial charge < -0.3 is 0 Å². The Kier molecular flexibility index (Phi) is 3.74. The van der Waals surface area contributed by atoms with E-state index in [2.05, 4.69) is 39.2 Å². The second-order valence-electron chi connectivity index (χ2n) is 4.91. The highest BCUT2D eigenvalue weighted by Gasteiger charge is 2.25. The topological polar surface area (TPSA) is 3.24 Å². The van der Waals surface area contributed by atoms with Crippen molar-refractivity contribution in [3.8, 4) is 0 Å². The van der Waals surface area contributed by atoms with E-state index in [-0.39, 0.29) is 5.82 Å². The lowest BCUT2D eigenvalue weighted by atomic mass is 10.0. The summed E-state index contributed by atoms with van der Waals surface area (Å²) >= 11 is 5.20. The molecule has 1 unspecified atom stereocenters. The number of hydrogen-bond acceptors (Lipinski definition) is 2. The number of halogens is 2. The van der Waals surface area contributed by atoms with E-state index in [1.807, 2.05) is 17.4 Å². The van der Waals surface area contributed by atoms with Gasteiger partial charge in [-0.25, -0.2) is 4.39 Å². The average Bonchev–Trinajstić information content (AvgIpc) is 2.87. The van der Waals surface area contributed by atoms with Gasteiger partial charge in [-0.3, -0.25) is 4.90 Å². The lowest BCUT2D eigenvalue weighted by molar-refractivity contribution is 0.191. The molecule has 100 valence electrons. The first-order valence-corrected chi connectivity index (χ1v) is 8.07. The summed E-state index contributed by atoms with van der Waals surface area (Å²) < 4.78 is 14.2. The minimum Gasteiger partial charge on any atom is -0.292 e. The molecule has 1 aliphatic rings. The molecule has 0 saturated carbocycles. The zero-order valence-electron chi connectivity index (χ0n) is 10.7. The molecule has 1 atom stereocenters. The molecule has 1 nitrogen and oxygen atoms in total. The molecule has 4 heteroatoms. The molecule has 0 aliphatic carbocycles. The summed E-state index contributed by atoms with van der Waals surface area (Å²) in [5, 5.41) is 2.17. The molecule has 0 spiro atoms. The molecule has 2 heterocycles. The summed E-state index contributed by atoms with van der Waals surface area (Å²) in [5.74, 6) is -0.182. The monoisotopic (exact) mass is 339 g/mol. The molecule has 1 aromatic heterocycles. The first kappa shape index (κ1) is 13.3. The van der Waals surface area contributed by atoms with Gasteiger partial charge in [-0.05, 0) is 57.9 Å². The van der Waals surface area contributed by atoms with E-state index in [0.717, 1.165) is 25.1 Å². The van der Waals surface area contributed by atoms with Crippen LogP contribution in [0.4, 0.5) is 4.39 Å². The summed E-state index contributed by atoms with van der Waals surface area (Å²) in [6, 6.07) is 7.88. The van der Waals surface area contributed by atoms with Crippen molar-refractivity contribution < 1.29 is 4.39 Å². The highest BCUT2D eigenvalue weighted by atomic mass is 79.9.